The van der Waals surface area contributed by atoms with Crippen molar-refractivity contribution in [1.82, 2.24) is 20.1 Å². The summed E-state index contributed by atoms with van der Waals surface area (Å²) in [5.41, 5.74) is 2.44. The van der Waals surface area contributed by atoms with Crippen LogP contribution in [-0.2, 0) is 16.0 Å². The van der Waals surface area contributed by atoms with Crippen molar-refractivity contribution in [2.45, 2.75) is 68.8 Å². The topological polar surface area (TPSA) is 100 Å². The first-order valence-corrected chi connectivity index (χ1v) is 13.1. The zero-order valence-electron chi connectivity index (χ0n) is 20.3. The lowest BCUT2D eigenvalue weighted by molar-refractivity contribution is -0.149. The molecule has 3 fully saturated rings. The second-order valence-electron chi connectivity index (χ2n) is 10.6. The van der Waals surface area contributed by atoms with Crippen LogP contribution in [0, 0.1) is 5.92 Å². The number of amides is 2. The highest BCUT2D eigenvalue weighted by atomic mass is 19.1. The molecule has 37 heavy (non-hydrogen) atoms. The highest BCUT2D eigenvalue weighted by molar-refractivity contribution is 5.99. The van der Waals surface area contributed by atoms with Crippen LogP contribution >= 0.6 is 0 Å². The third-order valence-electron chi connectivity index (χ3n) is 8.16. The largest absolute Gasteiger partial charge is 0.480 e. The van der Waals surface area contributed by atoms with Gasteiger partial charge in [0.2, 0.25) is 5.91 Å². The second-order valence-corrected chi connectivity index (χ2v) is 10.6. The van der Waals surface area contributed by atoms with Crippen molar-refractivity contribution >= 4 is 17.5 Å². The number of carbonyl (C=O) groups excluding carboxylic acids is 2. The zero-order valence-corrected chi connectivity index (χ0v) is 20.3. The fraction of sp³-hybridized carbons (Fsp3) is 0.429. The summed E-state index contributed by atoms with van der Waals surface area (Å²) in [6.07, 6.45) is 2.42. The molecule has 9 heteroatoms. The Morgan fingerprint density at radius 1 is 1.08 bits per heavy atom. The number of halogens is 1. The number of piperidine rings is 1. The number of aromatic nitrogens is 3. The molecule has 3 unspecified atom stereocenters. The lowest BCUT2D eigenvalue weighted by Crippen LogP contribution is -2.57. The third-order valence-corrected chi connectivity index (χ3v) is 8.16. The number of anilines is 1. The molecule has 2 amide bonds. The number of hydrogen-bond acceptors (Lipinski definition) is 5. The van der Waals surface area contributed by atoms with Crippen LogP contribution in [0.25, 0.3) is 11.4 Å². The van der Waals surface area contributed by atoms with E-state index in [2.05, 4.69) is 20.5 Å². The fourth-order valence-electron chi connectivity index (χ4n) is 6.18. The van der Waals surface area contributed by atoms with E-state index in [-0.39, 0.29) is 17.7 Å². The molecule has 3 aromatic rings. The van der Waals surface area contributed by atoms with E-state index in [1.165, 1.54) is 4.90 Å². The minimum absolute atomic E-state index is 0.211. The Kier molecular flexibility index (Phi) is 5.26. The number of rotatable bonds is 5. The average molecular weight is 502 g/mol. The van der Waals surface area contributed by atoms with Gasteiger partial charge < -0.3 is 15.0 Å². The minimum atomic E-state index is -1.12. The van der Waals surface area contributed by atoms with Crippen molar-refractivity contribution in [2.75, 3.05) is 5.32 Å². The van der Waals surface area contributed by atoms with Gasteiger partial charge in [-0.1, -0.05) is 30.3 Å². The molecule has 2 saturated carbocycles. The molecule has 2 N–H and O–H groups in total. The summed E-state index contributed by atoms with van der Waals surface area (Å²) < 4.78 is 20.8. The molecule has 2 aromatic carbocycles. The van der Waals surface area contributed by atoms with Crippen molar-refractivity contribution in [1.29, 1.82) is 0 Å². The van der Waals surface area contributed by atoms with Crippen LogP contribution in [0.5, 0.6) is 5.75 Å². The standard InChI is InChI=1S/C28H28FN5O3/c29-20-13-18-14-21(20)34(28(36)23-11-10-15-4-1-2-7-22(15)37-23)24(18)27(35)30-19-6-3-5-17(12-19)26-31-25(32-33-26)16-8-9-16/h1-7,12,16,18,20-21,23-24H,8-11,13-14H2,(H,30,35)(H,31,32,33)/t18?,20-,21?,23?,24+/m0/s1. The molecule has 2 bridgehead atoms. The van der Waals surface area contributed by atoms with Crippen LogP contribution in [0.2, 0.25) is 0 Å². The number of aromatic amines is 1. The Hall–Kier alpha value is -3.75. The molecule has 3 heterocycles. The summed E-state index contributed by atoms with van der Waals surface area (Å²) in [5, 5.41) is 10.3. The fourth-order valence-corrected chi connectivity index (χ4v) is 6.18. The van der Waals surface area contributed by atoms with Gasteiger partial charge in [-0.15, -0.1) is 0 Å². The summed E-state index contributed by atoms with van der Waals surface area (Å²) in [6.45, 7) is 0. The summed E-state index contributed by atoms with van der Waals surface area (Å²) >= 11 is 0. The number of alkyl halides is 1. The van der Waals surface area contributed by atoms with Gasteiger partial charge in [0.25, 0.3) is 5.91 Å². The molecule has 190 valence electrons. The number of benzene rings is 2. The first kappa shape index (κ1) is 22.4. The van der Waals surface area contributed by atoms with Crippen molar-refractivity contribution in [3.63, 3.8) is 0 Å². The maximum Gasteiger partial charge on any atom is 0.264 e. The molecule has 2 aliphatic carbocycles. The van der Waals surface area contributed by atoms with Crippen LogP contribution in [0.1, 0.15) is 49.4 Å². The van der Waals surface area contributed by atoms with Gasteiger partial charge >= 0.3 is 0 Å². The van der Waals surface area contributed by atoms with Gasteiger partial charge in [0.15, 0.2) is 11.9 Å². The van der Waals surface area contributed by atoms with E-state index in [0.29, 0.717) is 48.9 Å². The quantitative estimate of drug-likeness (QED) is 0.550. The molecule has 1 saturated heterocycles. The maximum absolute atomic E-state index is 14.8. The predicted octanol–water partition coefficient (Wildman–Crippen LogP) is 4.01. The normalized spacial score (nSPS) is 28.0. The Labute approximate surface area is 213 Å². The molecule has 4 aliphatic rings. The lowest BCUT2D eigenvalue weighted by atomic mass is 9.95. The minimum Gasteiger partial charge on any atom is -0.480 e. The molecular weight excluding hydrogens is 473 g/mol. The summed E-state index contributed by atoms with van der Waals surface area (Å²) in [5.74, 6) is 1.83. The first-order chi connectivity index (χ1) is 18.0. The van der Waals surface area contributed by atoms with E-state index in [1.807, 2.05) is 42.5 Å². The number of aryl methyl sites for hydroxylation is 1. The average Bonchev–Trinajstić information content (AvgIpc) is 3.35. The number of ether oxygens (including phenoxy) is 1. The molecule has 0 spiro atoms. The highest BCUT2D eigenvalue weighted by Gasteiger charge is 2.57. The number of hydrogen-bond donors (Lipinski definition) is 2. The molecule has 7 rings (SSSR count). The number of nitrogens with zero attached hydrogens (tertiary/aromatic N) is 3. The highest BCUT2D eigenvalue weighted by Crippen LogP contribution is 2.45. The number of para-hydroxylation sites is 1. The summed E-state index contributed by atoms with van der Waals surface area (Å²) in [7, 11) is 0. The van der Waals surface area contributed by atoms with E-state index >= 15 is 0 Å². The SMILES string of the molecule is O=C(Nc1cccc(-c2n[nH]c(C3CC3)n2)c1)[C@H]1C2CC([C@@H](F)C2)N1C(=O)C1CCc2ccccc2O1. The van der Waals surface area contributed by atoms with Crippen molar-refractivity contribution in [2.24, 2.45) is 5.92 Å². The van der Waals surface area contributed by atoms with E-state index in [4.69, 9.17) is 4.74 Å². The van der Waals surface area contributed by atoms with Crippen LogP contribution in [0.4, 0.5) is 10.1 Å². The number of likely N-dealkylation sites (tertiary alicyclic amines) is 1. The Bertz CT molecular complexity index is 1370. The van der Waals surface area contributed by atoms with E-state index in [1.54, 1.807) is 6.07 Å². The maximum atomic E-state index is 14.8. The van der Waals surface area contributed by atoms with Gasteiger partial charge in [-0.2, -0.15) is 5.10 Å². The second kappa shape index (κ2) is 8.68. The molecule has 2 aliphatic heterocycles. The van der Waals surface area contributed by atoms with Crippen molar-refractivity contribution < 1.29 is 18.7 Å². The van der Waals surface area contributed by atoms with E-state index in [0.717, 1.165) is 29.8 Å². The van der Waals surface area contributed by atoms with E-state index < -0.39 is 24.4 Å². The smallest absolute Gasteiger partial charge is 0.264 e. The number of H-pyrrole nitrogens is 1. The number of fused-ring (bicyclic) bond motifs is 3. The van der Waals surface area contributed by atoms with Gasteiger partial charge in [0.1, 0.15) is 23.8 Å². The Morgan fingerprint density at radius 3 is 2.81 bits per heavy atom. The Morgan fingerprint density at radius 2 is 1.95 bits per heavy atom. The van der Waals surface area contributed by atoms with Gasteiger partial charge in [-0.3, -0.25) is 14.7 Å². The molecule has 5 atom stereocenters. The summed E-state index contributed by atoms with van der Waals surface area (Å²) in [6, 6.07) is 13.7. The van der Waals surface area contributed by atoms with Gasteiger partial charge in [-0.25, -0.2) is 9.37 Å². The monoisotopic (exact) mass is 501 g/mol. The van der Waals surface area contributed by atoms with Gasteiger partial charge in [-0.05, 0) is 68.2 Å². The lowest BCUT2D eigenvalue weighted by Gasteiger charge is -2.38. The van der Waals surface area contributed by atoms with Crippen LogP contribution in [0.15, 0.2) is 48.5 Å². The van der Waals surface area contributed by atoms with Crippen LogP contribution in [-0.4, -0.2) is 56.3 Å². The molecule has 8 nitrogen and oxygen atoms in total. The Balaban J connectivity index is 1.10. The summed E-state index contributed by atoms with van der Waals surface area (Å²) in [4.78, 5) is 33.3. The predicted molar refractivity (Wildman–Crippen MR) is 134 cm³/mol. The third kappa shape index (κ3) is 3.97. The van der Waals surface area contributed by atoms with Crippen molar-refractivity contribution in [3.8, 4) is 17.1 Å². The molecule has 0 radical (unpaired) electrons. The molecule has 1 aromatic heterocycles. The van der Waals surface area contributed by atoms with Crippen LogP contribution in [0.3, 0.4) is 0 Å². The van der Waals surface area contributed by atoms with Gasteiger partial charge in [0.05, 0.1) is 6.04 Å². The van der Waals surface area contributed by atoms with E-state index in [9.17, 15) is 14.0 Å². The number of nitrogens with one attached hydrogen (secondary N) is 2. The molecular formula is C28H28FN5O3. The zero-order chi connectivity index (χ0) is 25.1. The van der Waals surface area contributed by atoms with Crippen molar-refractivity contribution in [3.05, 3.63) is 59.9 Å². The van der Waals surface area contributed by atoms with Crippen LogP contribution < -0.4 is 10.1 Å². The number of carbonyl (C=O) groups is 2. The first-order valence-electron chi connectivity index (χ1n) is 13.1. The van der Waals surface area contributed by atoms with Gasteiger partial charge in [0, 0.05) is 17.2 Å².